The number of hydrogen-bond acceptors (Lipinski definition) is 6. The van der Waals surface area contributed by atoms with Crippen molar-refractivity contribution < 1.29 is 23.8 Å². The highest BCUT2D eigenvalue weighted by Crippen LogP contribution is 2.31. The van der Waals surface area contributed by atoms with Gasteiger partial charge in [-0.2, -0.15) is 0 Å². The van der Waals surface area contributed by atoms with Crippen molar-refractivity contribution in [3.05, 3.63) is 46.2 Å². The number of thiophene rings is 1. The largest absolute Gasteiger partial charge is 0.486 e. The summed E-state index contributed by atoms with van der Waals surface area (Å²) >= 11 is 1.48. The first kappa shape index (κ1) is 16.3. The number of rotatable bonds is 5. The van der Waals surface area contributed by atoms with Gasteiger partial charge in [-0.25, -0.2) is 0 Å². The van der Waals surface area contributed by atoms with Crippen LogP contribution in [-0.4, -0.2) is 32.2 Å². The minimum absolute atomic E-state index is 0.0767. The Labute approximate surface area is 143 Å². The monoisotopic (exact) mass is 347 g/mol. The normalized spacial score (nSPS) is 13.9. The molecule has 1 N–H and O–H groups in total. The van der Waals surface area contributed by atoms with Gasteiger partial charge in [0, 0.05) is 10.4 Å². The Hall–Kier alpha value is -2.54. The molecule has 126 valence electrons. The molecule has 0 bridgehead atoms. The number of amides is 1. The van der Waals surface area contributed by atoms with Crippen molar-refractivity contribution in [2.75, 3.05) is 20.3 Å². The van der Waals surface area contributed by atoms with Crippen LogP contribution in [0.4, 0.5) is 0 Å². The van der Waals surface area contributed by atoms with Gasteiger partial charge in [0.05, 0.1) is 19.6 Å². The average molecular weight is 347 g/mol. The number of nitrogens with one attached hydrogen (secondary N) is 1. The van der Waals surface area contributed by atoms with Gasteiger partial charge in [0.2, 0.25) is 0 Å². The van der Waals surface area contributed by atoms with Gasteiger partial charge in [-0.05, 0) is 29.6 Å². The van der Waals surface area contributed by atoms with Crippen LogP contribution in [-0.2, 0) is 9.53 Å². The van der Waals surface area contributed by atoms with E-state index in [0.29, 0.717) is 30.3 Å². The molecule has 1 aliphatic rings. The third-order valence-corrected chi connectivity index (χ3v) is 4.58. The number of benzene rings is 1. The van der Waals surface area contributed by atoms with Crippen LogP contribution in [0.15, 0.2) is 35.7 Å². The second-order valence-corrected chi connectivity index (χ2v) is 6.16. The van der Waals surface area contributed by atoms with Crippen LogP contribution >= 0.6 is 11.3 Å². The summed E-state index contributed by atoms with van der Waals surface area (Å²) in [7, 11) is 1.33. The summed E-state index contributed by atoms with van der Waals surface area (Å²) in [5, 5.41) is 4.78. The second-order valence-electron chi connectivity index (χ2n) is 5.18. The minimum atomic E-state index is -0.432. The Balaban J connectivity index is 1.76. The quantitative estimate of drug-likeness (QED) is 0.842. The molecule has 0 spiro atoms. The molecule has 1 aromatic carbocycles. The molecule has 1 amide bonds. The molecule has 7 heteroatoms. The number of carbonyl (C=O) groups excluding carboxylic acids is 2. The maximum Gasteiger partial charge on any atom is 0.307 e. The van der Waals surface area contributed by atoms with E-state index in [1.165, 1.54) is 18.4 Å². The maximum absolute atomic E-state index is 12.6. The Morgan fingerprint density at radius 1 is 1.25 bits per heavy atom. The van der Waals surface area contributed by atoms with Gasteiger partial charge in [0.15, 0.2) is 11.5 Å². The van der Waals surface area contributed by atoms with E-state index in [-0.39, 0.29) is 18.3 Å². The minimum Gasteiger partial charge on any atom is -0.486 e. The van der Waals surface area contributed by atoms with Crippen LogP contribution in [0.2, 0.25) is 0 Å². The SMILES string of the molecule is COC(=O)CC(NC(=O)c1ccc2c(c1)OCCO2)c1cccs1. The predicted molar refractivity (Wildman–Crippen MR) is 88.6 cm³/mol. The van der Waals surface area contributed by atoms with Crippen LogP contribution in [0.3, 0.4) is 0 Å². The highest BCUT2D eigenvalue weighted by molar-refractivity contribution is 7.10. The molecule has 24 heavy (non-hydrogen) atoms. The van der Waals surface area contributed by atoms with Crippen molar-refractivity contribution in [2.45, 2.75) is 12.5 Å². The molecule has 1 unspecified atom stereocenters. The molecular weight excluding hydrogens is 330 g/mol. The fraction of sp³-hybridized carbons (Fsp3) is 0.294. The Morgan fingerprint density at radius 2 is 2.04 bits per heavy atom. The molecule has 0 radical (unpaired) electrons. The smallest absolute Gasteiger partial charge is 0.307 e. The number of ether oxygens (including phenoxy) is 3. The summed E-state index contributed by atoms with van der Waals surface area (Å²) < 4.78 is 15.7. The fourth-order valence-electron chi connectivity index (χ4n) is 2.39. The molecule has 3 rings (SSSR count). The van der Waals surface area contributed by atoms with Crippen LogP contribution in [0.5, 0.6) is 11.5 Å². The summed E-state index contributed by atoms with van der Waals surface area (Å²) in [5.74, 6) is 0.516. The zero-order chi connectivity index (χ0) is 16.9. The number of fused-ring (bicyclic) bond motifs is 1. The Bertz CT molecular complexity index is 729. The van der Waals surface area contributed by atoms with Gasteiger partial charge in [-0.1, -0.05) is 6.07 Å². The van der Waals surface area contributed by atoms with Crippen LogP contribution in [0, 0.1) is 0 Å². The first-order valence-corrected chi connectivity index (χ1v) is 8.36. The Kier molecular flexibility index (Phi) is 5.00. The van der Waals surface area contributed by atoms with E-state index in [9.17, 15) is 9.59 Å². The molecule has 1 atom stereocenters. The molecular formula is C17H17NO5S. The number of hydrogen-bond donors (Lipinski definition) is 1. The van der Waals surface area contributed by atoms with Crippen molar-refractivity contribution in [1.29, 1.82) is 0 Å². The summed E-state index contributed by atoms with van der Waals surface area (Å²) in [5.41, 5.74) is 0.450. The average Bonchev–Trinajstić information content (AvgIpc) is 3.15. The van der Waals surface area contributed by atoms with Crippen molar-refractivity contribution in [3.8, 4) is 11.5 Å². The van der Waals surface area contributed by atoms with Gasteiger partial charge in [0.25, 0.3) is 5.91 Å². The summed E-state index contributed by atoms with van der Waals surface area (Å²) in [6.07, 6.45) is 0.0767. The zero-order valence-electron chi connectivity index (χ0n) is 13.1. The molecule has 0 saturated carbocycles. The first-order chi connectivity index (χ1) is 11.7. The lowest BCUT2D eigenvalue weighted by Crippen LogP contribution is -2.30. The number of esters is 1. The third kappa shape index (κ3) is 3.68. The van der Waals surface area contributed by atoms with E-state index in [4.69, 9.17) is 14.2 Å². The molecule has 6 nitrogen and oxygen atoms in total. The maximum atomic E-state index is 12.6. The summed E-state index contributed by atoms with van der Waals surface area (Å²) in [6.45, 7) is 0.955. The number of methoxy groups -OCH3 is 1. The van der Waals surface area contributed by atoms with Gasteiger partial charge < -0.3 is 19.5 Å². The highest BCUT2D eigenvalue weighted by atomic mass is 32.1. The standard InChI is InChI=1S/C17H17NO5S/c1-21-16(19)10-12(15-3-2-8-24-15)18-17(20)11-4-5-13-14(9-11)23-7-6-22-13/h2-5,8-9,12H,6-7,10H2,1H3,(H,18,20). The second kappa shape index (κ2) is 7.35. The van der Waals surface area contributed by atoms with E-state index < -0.39 is 6.04 Å². The van der Waals surface area contributed by atoms with Crippen molar-refractivity contribution in [3.63, 3.8) is 0 Å². The molecule has 2 aromatic rings. The lowest BCUT2D eigenvalue weighted by atomic mass is 10.1. The van der Waals surface area contributed by atoms with Crippen molar-refractivity contribution >= 4 is 23.2 Å². The summed E-state index contributed by atoms with van der Waals surface area (Å²) in [4.78, 5) is 25.1. The molecule has 0 saturated heterocycles. The van der Waals surface area contributed by atoms with E-state index in [0.717, 1.165) is 4.88 Å². The lowest BCUT2D eigenvalue weighted by Gasteiger charge is -2.20. The van der Waals surface area contributed by atoms with E-state index in [1.54, 1.807) is 18.2 Å². The number of carbonyl (C=O) groups is 2. The van der Waals surface area contributed by atoms with Gasteiger partial charge >= 0.3 is 5.97 Å². The zero-order valence-corrected chi connectivity index (χ0v) is 13.9. The fourth-order valence-corrected chi connectivity index (χ4v) is 3.17. The van der Waals surface area contributed by atoms with Crippen LogP contribution < -0.4 is 14.8 Å². The molecule has 2 heterocycles. The van der Waals surface area contributed by atoms with Gasteiger partial charge in [0.1, 0.15) is 13.2 Å². The van der Waals surface area contributed by atoms with E-state index in [1.807, 2.05) is 17.5 Å². The molecule has 1 aromatic heterocycles. The highest BCUT2D eigenvalue weighted by Gasteiger charge is 2.22. The third-order valence-electron chi connectivity index (χ3n) is 3.59. The van der Waals surface area contributed by atoms with Crippen LogP contribution in [0.1, 0.15) is 27.7 Å². The summed E-state index contributed by atoms with van der Waals surface area (Å²) in [6, 6.07) is 8.35. The first-order valence-electron chi connectivity index (χ1n) is 7.48. The molecule has 0 aliphatic carbocycles. The van der Waals surface area contributed by atoms with Crippen molar-refractivity contribution in [2.24, 2.45) is 0 Å². The van der Waals surface area contributed by atoms with E-state index >= 15 is 0 Å². The Morgan fingerprint density at radius 3 is 2.75 bits per heavy atom. The van der Waals surface area contributed by atoms with Gasteiger partial charge in [-0.15, -0.1) is 11.3 Å². The van der Waals surface area contributed by atoms with Crippen LogP contribution in [0.25, 0.3) is 0 Å². The molecule has 1 aliphatic heterocycles. The topological polar surface area (TPSA) is 73.9 Å². The van der Waals surface area contributed by atoms with E-state index in [2.05, 4.69) is 5.32 Å². The van der Waals surface area contributed by atoms with Gasteiger partial charge in [-0.3, -0.25) is 9.59 Å². The predicted octanol–water partition coefficient (Wildman–Crippen LogP) is 2.55. The molecule has 0 fully saturated rings. The lowest BCUT2D eigenvalue weighted by molar-refractivity contribution is -0.141. The van der Waals surface area contributed by atoms with Crippen molar-refractivity contribution in [1.82, 2.24) is 5.32 Å².